The van der Waals surface area contributed by atoms with Crippen LogP contribution < -0.4 is 4.90 Å². The first kappa shape index (κ1) is 20.5. The van der Waals surface area contributed by atoms with Crippen LogP contribution in [-0.2, 0) is 6.42 Å². The summed E-state index contributed by atoms with van der Waals surface area (Å²) < 4.78 is 0. The van der Waals surface area contributed by atoms with E-state index in [9.17, 15) is 0 Å². The molecule has 2 aliphatic rings. The minimum Gasteiger partial charge on any atom is -0.332 e. The van der Waals surface area contributed by atoms with Gasteiger partial charge in [-0.1, -0.05) is 19.8 Å². The zero-order valence-corrected chi connectivity index (χ0v) is 17.9. The molecule has 5 heteroatoms. The molecule has 3 unspecified atom stereocenters. The first-order valence-corrected chi connectivity index (χ1v) is 11.1. The Bertz CT molecular complexity index is 544. The summed E-state index contributed by atoms with van der Waals surface area (Å²) >= 11 is 0. The lowest BCUT2D eigenvalue weighted by Gasteiger charge is -2.43. The smallest absolute Gasteiger partial charge is 0.225 e. The number of rotatable bonds is 10. The maximum Gasteiger partial charge on any atom is 0.225 e. The molecular formula is C22H39N5. The van der Waals surface area contributed by atoms with Gasteiger partial charge in [-0.05, 0) is 71.7 Å². The average molecular weight is 374 g/mol. The number of anilines is 1. The highest BCUT2D eigenvalue weighted by Gasteiger charge is 2.41. The number of hydrogen-bond acceptors (Lipinski definition) is 5. The fourth-order valence-corrected chi connectivity index (χ4v) is 4.60. The van der Waals surface area contributed by atoms with Crippen molar-refractivity contribution in [3.63, 3.8) is 0 Å². The molecule has 3 atom stereocenters. The second-order valence-electron chi connectivity index (χ2n) is 8.86. The van der Waals surface area contributed by atoms with Crippen molar-refractivity contribution in [1.29, 1.82) is 0 Å². The van der Waals surface area contributed by atoms with Gasteiger partial charge in [0, 0.05) is 43.6 Å². The third kappa shape index (κ3) is 5.41. The van der Waals surface area contributed by atoms with Crippen molar-refractivity contribution < 1.29 is 0 Å². The molecule has 27 heavy (non-hydrogen) atoms. The summed E-state index contributed by atoms with van der Waals surface area (Å²) in [5, 5.41) is 0. The minimum atomic E-state index is 0.597. The highest BCUT2D eigenvalue weighted by atomic mass is 15.4. The Morgan fingerprint density at radius 1 is 1.04 bits per heavy atom. The van der Waals surface area contributed by atoms with Gasteiger partial charge in [0.05, 0.1) is 0 Å². The van der Waals surface area contributed by atoms with E-state index in [4.69, 9.17) is 9.97 Å². The molecule has 2 fully saturated rings. The topological polar surface area (TPSA) is 35.5 Å². The van der Waals surface area contributed by atoms with Crippen LogP contribution in [0.2, 0.25) is 0 Å². The molecule has 2 saturated heterocycles. The van der Waals surface area contributed by atoms with E-state index >= 15 is 0 Å². The highest BCUT2D eigenvalue weighted by Crippen LogP contribution is 2.33. The molecule has 2 aliphatic heterocycles. The standard InChI is InChI=1S/C22H39N5/c1-5-18(2)26-16-20-11-12-21(17-26)27(20)22-23-14-19(15-24-22)10-8-6-7-9-13-25(3)4/h14-15,18,20-21H,5-13,16-17H2,1-4H3. The molecule has 5 nitrogen and oxygen atoms in total. The van der Waals surface area contributed by atoms with Crippen LogP contribution in [0.4, 0.5) is 5.95 Å². The zero-order valence-electron chi connectivity index (χ0n) is 17.9. The molecule has 3 heterocycles. The fourth-order valence-electron chi connectivity index (χ4n) is 4.60. The molecule has 3 rings (SSSR count). The quantitative estimate of drug-likeness (QED) is 0.586. The van der Waals surface area contributed by atoms with Crippen molar-refractivity contribution in [2.24, 2.45) is 0 Å². The van der Waals surface area contributed by atoms with Crippen molar-refractivity contribution in [2.45, 2.75) is 83.3 Å². The minimum absolute atomic E-state index is 0.597. The Balaban J connectivity index is 1.47. The van der Waals surface area contributed by atoms with Crippen LogP contribution in [0.15, 0.2) is 12.4 Å². The van der Waals surface area contributed by atoms with E-state index in [0.717, 1.165) is 12.4 Å². The summed E-state index contributed by atoms with van der Waals surface area (Å²) in [5.41, 5.74) is 1.29. The van der Waals surface area contributed by atoms with Crippen molar-refractivity contribution in [1.82, 2.24) is 19.8 Å². The molecule has 0 amide bonds. The third-order valence-corrected chi connectivity index (χ3v) is 6.47. The molecule has 0 spiro atoms. The van der Waals surface area contributed by atoms with Gasteiger partial charge >= 0.3 is 0 Å². The molecule has 1 aromatic rings. The Kier molecular flexibility index (Phi) is 7.48. The van der Waals surface area contributed by atoms with Crippen LogP contribution in [0.1, 0.15) is 64.4 Å². The summed E-state index contributed by atoms with van der Waals surface area (Å²) in [6.45, 7) is 8.20. The van der Waals surface area contributed by atoms with E-state index in [1.807, 2.05) is 0 Å². The van der Waals surface area contributed by atoms with Gasteiger partial charge < -0.3 is 9.80 Å². The lowest BCUT2D eigenvalue weighted by molar-refractivity contribution is 0.162. The number of aromatic nitrogens is 2. The van der Waals surface area contributed by atoms with Gasteiger partial charge in [0.25, 0.3) is 0 Å². The largest absolute Gasteiger partial charge is 0.332 e. The molecule has 0 aromatic carbocycles. The summed E-state index contributed by atoms with van der Waals surface area (Å²) in [7, 11) is 4.30. The molecular weight excluding hydrogens is 334 g/mol. The van der Waals surface area contributed by atoms with Gasteiger partial charge in [-0.25, -0.2) is 9.97 Å². The second kappa shape index (κ2) is 9.83. The summed E-state index contributed by atoms with van der Waals surface area (Å²) in [5.74, 6) is 0.959. The van der Waals surface area contributed by atoms with Gasteiger partial charge in [-0.2, -0.15) is 0 Å². The maximum atomic E-state index is 4.76. The van der Waals surface area contributed by atoms with Crippen LogP contribution in [0.25, 0.3) is 0 Å². The lowest BCUT2D eigenvalue weighted by atomic mass is 10.1. The SMILES string of the molecule is CCC(C)N1CC2CCC(C1)N2c1ncc(CCCCCCN(C)C)cn1. The Labute approximate surface area is 166 Å². The Hall–Kier alpha value is -1.20. The van der Waals surface area contributed by atoms with E-state index in [-0.39, 0.29) is 0 Å². The Morgan fingerprint density at radius 3 is 2.26 bits per heavy atom. The monoisotopic (exact) mass is 373 g/mol. The second-order valence-corrected chi connectivity index (χ2v) is 8.86. The summed E-state index contributed by atoms with van der Waals surface area (Å²) in [6, 6.07) is 1.89. The first-order valence-electron chi connectivity index (χ1n) is 11.1. The van der Waals surface area contributed by atoms with Crippen LogP contribution in [0.5, 0.6) is 0 Å². The number of nitrogens with zero attached hydrogens (tertiary/aromatic N) is 5. The lowest BCUT2D eigenvalue weighted by Crippen LogP contribution is -2.56. The highest BCUT2D eigenvalue weighted by molar-refractivity contribution is 5.37. The van der Waals surface area contributed by atoms with E-state index in [2.05, 4.69) is 55.0 Å². The Morgan fingerprint density at radius 2 is 1.67 bits per heavy atom. The van der Waals surface area contributed by atoms with E-state index in [0.29, 0.717) is 18.1 Å². The van der Waals surface area contributed by atoms with E-state index in [1.54, 1.807) is 0 Å². The van der Waals surface area contributed by atoms with Crippen LogP contribution in [-0.4, -0.2) is 71.6 Å². The van der Waals surface area contributed by atoms with Crippen molar-refractivity contribution in [3.8, 4) is 0 Å². The number of fused-ring (bicyclic) bond motifs is 2. The predicted molar refractivity (Wildman–Crippen MR) is 113 cm³/mol. The summed E-state index contributed by atoms with van der Waals surface area (Å²) in [4.78, 5) is 17.0. The van der Waals surface area contributed by atoms with Gasteiger partial charge in [0.2, 0.25) is 5.95 Å². The number of likely N-dealkylation sites (tertiary alicyclic amines) is 1. The van der Waals surface area contributed by atoms with Crippen LogP contribution in [0, 0.1) is 0 Å². The van der Waals surface area contributed by atoms with E-state index in [1.165, 1.54) is 70.1 Å². The number of hydrogen-bond donors (Lipinski definition) is 0. The molecule has 0 aliphatic carbocycles. The zero-order chi connectivity index (χ0) is 19.2. The first-order chi connectivity index (χ1) is 13.1. The van der Waals surface area contributed by atoms with Gasteiger partial charge in [0.15, 0.2) is 0 Å². The average Bonchev–Trinajstić information content (AvgIpc) is 2.93. The predicted octanol–water partition coefficient (Wildman–Crippen LogP) is 3.59. The maximum absolute atomic E-state index is 4.76. The van der Waals surface area contributed by atoms with Crippen molar-refractivity contribution in [2.75, 3.05) is 38.6 Å². The fraction of sp³-hybridized carbons (Fsp3) is 0.818. The number of aryl methyl sites for hydroxylation is 1. The summed E-state index contributed by atoms with van der Waals surface area (Å²) in [6.07, 6.45) is 14.2. The van der Waals surface area contributed by atoms with Gasteiger partial charge in [0.1, 0.15) is 0 Å². The van der Waals surface area contributed by atoms with Crippen LogP contribution >= 0.6 is 0 Å². The van der Waals surface area contributed by atoms with Crippen molar-refractivity contribution in [3.05, 3.63) is 18.0 Å². The third-order valence-electron chi connectivity index (χ3n) is 6.47. The van der Waals surface area contributed by atoms with Crippen LogP contribution in [0.3, 0.4) is 0 Å². The molecule has 0 saturated carbocycles. The molecule has 0 N–H and O–H groups in total. The van der Waals surface area contributed by atoms with Gasteiger partial charge in [-0.3, -0.25) is 4.90 Å². The number of unbranched alkanes of at least 4 members (excludes halogenated alkanes) is 3. The molecule has 2 bridgehead atoms. The molecule has 0 radical (unpaired) electrons. The van der Waals surface area contributed by atoms with Crippen molar-refractivity contribution >= 4 is 5.95 Å². The normalized spacial score (nSPS) is 24.0. The molecule has 1 aromatic heterocycles. The molecule has 152 valence electrons. The van der Waals surface area contributed by atoms with Gasteiger partial charge in [-0.15, -0.1) is 0 Å². The number of piperazine rings is 1. The van der Waals surface area contributed by atoms with E-state index < -0.39 is 0 Å².